The normalized spacial score (nSPS) is 11.9. The van der Waals surface area contributed by atoms with Crippen molar-refractivity contribution >= 4 is 43.1 Å². The lowest BCUT2D eigenvalue weighted by atomic mass is 9.82. The van der Waals surface area contributed by atoms with Gasteiger partial charge in [0.2, 0.25) is 0 Å². The fraction of sp³-hybridized carbons (Fsp3) is 0. The summed E-state index contributed by atoms with van der Waals surface area (Å²) in [6.07, 6.45) is 0. The molecule has 16 rings (SSSR count). The highest BCUT2D eigenvalue weighted by molar-refractivity contribution is 6.32. The first-order valence-corrected chi connectivity index (χ1v) is 26.5. The smallest absolute Gasteiger partial charge is 0.000741 e. The van der Waals surface area contributed by atoms with Gasteiger partial charge in [-0.15, -0.1) is 0 Å². The van der Waals surface area contributed by atoms with Crippen LogP contribution >= 0.6 is 0 Å². The summed E-state index contributed by atoms with van der Waals surface area (Å²) < 4.78 is 0. The zero-order valence-electron chi connectivity index (χ0n) is 41.6. The molecule has 0 N–H and O–H groups in total. The van der Waals surface area contributed by atoms with Gasteiger partial charge in [-0.1, -0.05) is 267 Å². The van der Waals surface area contributed by atoms with Gasteiger partial charge in [0.25, 0.3) is 0 Å². The zero-order valence-corrected chi connectivity index (χ0v) is 41.6. The van der Waals surface area contributed by atoms with Crippen molar-refractivity contribution < 1.29 is 0 Å². The molecule has 0 aromatic heterocycles. The van der Waals surface area contributed by atoms with Crippen LogP contribution in [0.1, 0.15) is 0 Å². The average Bonchev–Trinajstić information content (AvgIpc) is 4.06. The number of rotatable bonds is 7. The van der Waals surface area contributed by atoms with E-state index in [9.17, 15) is 0 Å². The van der Waals surface area contributed by atoms with E-state index in [4.69, 9.17) is 0 Å². The molecule has 76 heavy (non-hydrogen) atoms. The minimum Gasteiger partial charge on any atom is -0.0622 e. The first kappa shape index (κ1) is 42.6. The van der Waals surface area contributed by atoms with Crippen LogP contribution in [0.2, 0.25) is 0 Å². The van der Waals surface area contributed by atoms with Crippen LogP contribution in [0.3, 0.4) is 0 Å². The van der Waals surface area contributed by atoms with Crippen LogP contribution in [0, 0.1) is 0 Å². The maximum atomic E-state index is 2.44. The van der Waals surface area contributed by atoms with Crippen LogP contribution < -0.4 is 0 Å². The second-order valence-corrected chi connectivity index (χ2v) is 20.5. The molecule has 0 saturated carbocycles. The first-order chi connectivity index (χ1) is 37.8. The third-order valence-corrected chi connectivity index (χ3v) is 16.5. The number of benzene rings is 14. The standard InChI is InChI=1S/C76H46/c1-5-21-47(22-6-1)51-29-17-31-53(45-51)69-61-35-15-13-33-59(61)67(49-25-9-3-10-26-49)73-63-39-19-37-57-55(41-43-65(71(57)63)75(69)73)56-42-44-66-72-58(56)38-20-40-64(72)74-68(50-27-11-4-12-28-50)60-34-14-16-36-62(60)70(76(66)74)54-32-18-30-52(46-54)48-23-7-2-8-24-48/h1-46H. The maximum Gasteiger partial charge on any atom is -0.000741 e. The van der Waals surface area contributed by atoms with Gasteiger partial charge in [0.15, 0.2) is 0 Å². The monoisotopic (exact) mass is 958 g/mol. The van der Waals surface area contributed by atoms with Crippen molar-refractivity contribution in [2.24, 2.45) is 0 Å². The van der Waals surface area contributed by atoms with Gasteiger partial charge >= 0.3 is 0 Å². The minimum absolute atomic E-state index is 1.21. The van der Waals surface area contributed by atoms with Crippen LogP contribution in [-0.4, -0.2) is 0 Å². The van der Waals surface area contributed by atoms with Crippen molar-refractivity contribution in [3.8, 4) is 122 Å². The van der Waals surface area contributed by atoms with Gasteiger partial charge in [-0.25, -0.2) is 0 Å². The van der Waals surface area contributed by atoms with Crippen LogP contribution in [0.15, 0.2) is 279 Å². The molecule has 14 aromatic carbocycles. The van der Waals surface area contributed by atoms with E-state index in [0.29, 0.717) is 0 Å². The van der Waals surface area contributed by atoms with Gasteiger partial charge in [-0.2, -0.15) is 0 Å². The van der Waals surface area contributed by atoms with Gasteiger partial charge < -0.3 is 0 Å². The average molecular weight is 959 g/mol. The summed E-state index contributed by atoms with van der Waals surface area (Å²) in [5, 5.41) is 10.2. The summed E-state index contributed by atoms with van der Waals surface area (Å²) >= 11 is 0. The summed E-state index contributed by atoms with van der Waals surface area (Å²) in [5.74, 6) is 0. The number of hydrogen-bond donors (Lipinski definition) is 0. The number of fused-ring (bicyclic) bond motifs is 8. The van der Waals surface area contributed by atoms with E-state index in [0.717, 1.165) is 0 Å². The van der Waals surface area contributed by atoms with Crippen LogP contribution in [-0.2, 0) is 0 Å². The molecular weight excluding hydrogens is 913 g/mol. The molecule has 0 nitrogen and oxygen atoms in total. The third-order valence-electron chi connectivity index (χ3n) is 16.5. The van der Waals surface area contributed by atoms with E-state index in [1.165, 1.54) is 165 Å². The fourth-order valence-corrected chi connectivity index (χ4v) is 13.4. The second-order valence-electron chi connectivity index (χ2n) is 20.5. The summed E-state index contributed by atoms with van der Waals surface area (Å²) in [5.41, 5.74) is 27.8. The molecule has 0 fully saturated rings. The summed E-state index contributed by atoms with van der Waals surface area (Å²) in [6, 6.07) is 104. The highest BCUT2D eigenvalue weighted by Gasteiger charge is 2.34. The van der Waals surface area contributed by atoms with Crippen molar-refractivity contribution in [1.29, 1.82) is 0 Å². The molecule has 0 bridgehead atoms. The highest BCUT2D eigenvalue weighted by atomic mass is 14.4. The van der Waals surface area contributed by atoms with Crippen molar-refractivity contribution in [3.05, 3.63) is 279 Å². The molecule has 0 radical (unpaired) electrons. The van der Waals surface area contributed by atoms with Gasteiger partial charge in [0, 0.05) is 0 Å². The van der Waals surface area contributed by atoms with E-state index in [2.05, 4.69) is 279 Å². The van der Waals surface area contributed by atoms with E-state index < -0.39 is 0 Å². The molecule has 14 aromatic rings. The molecule has 0 heteroatoms. The molecule has 0 atom stereocenters. The number of hydrogen-bond acceptors (Lipinski definition) is 0. The quantitative estimate of drug-likeness (QED) is 0.149. The molecule has 0 heterocycles. The molecule has 0 unspecified atom stereocenters. The largest absolute Gasteiger partial charge is 0.0622 e. The minimum atomic E-state index is 1.21. The van der Waals surface area contributed by atoms with Crippen LogP contribution in [0.4, 0.5) is 0 Å². The van der Waals surface area contributed by atoms with Gasteiger partial charge in [0.05, 0.1) is 0 Å². The Morgan fingerprint density at radius 3 is 0.750 bits per heavy atom. The van der Waals surface area contributed by atoms with Crippen LogP contribution in [0.5, 0.6) is 0 Å². The molecule has 0 saturated heterocycles. The van der Waals surface area contributed by atoms with Crippen LogP contribution in [0.25, 0.3) is 165 Å². The molecular formula is C76H46. The second kappa shape index (κ2) is 16.8. The Morgan fingerprint density at radius 2 is 0.382 bits per heavy atom. The Kier molecular flexibility index (Phi) is 9.44. The van der Waals surface area contributed by atoms with Crippen molar-refractivity contribution in [2.45, 2.75) is 0 Å². The Balaban J connectivity index is 0.959. The summed E-state index contributed by atoms with van der Waals surface area (Å²) in [7, 11) is 0. The lowest BCUT2D eigenvalue weighted by Crippen LogP contribution is -1.94. The molecule has 2 aliphatic rings. The SMILES string of the molecule is c1ccc(-c2cccc(-c3c4c(c(-c5ccccc5)c5ccccc35)-c3cccc5c(-c6ccc7c8c(cccc68)-c6c-7c(-c7cccc(-c8ccccc8)c7)c7ccccc7c6-c6ccccc6)ccc-4c35)c2)cc1. The molecule has 350 valence electrons. The summed E-state index contributed by atoms with van der Waals surface area (Å²) in [4.78, 5) is 0. The predicted octanol–water partition coefficient (Wildman–Crippen LogP) is 21.3. The third kappa shape index (κ3) is 6.25. The van der Waals surface area contributed by atoms with E-state index in [1.807, 2.05) is 0 Å². The Bertz CT molecular complexity index is 4400. The van der Waals surface area contributed by atoms with Gasteiger partial charge in [-0.3, -0.25) is 0 Å². The van der Waals surface area contributed by atoms with Crippen molar-refractivity contribution in [1.82, 2.24) is 0 Å². The first-order valence-electron chi connectivity index (χ1n) is 26.5. The van der Waals surface area contributed by atoms with E-state index in [-0.39, 0.29) is 0 Å². The van der Waals surface area contributed by atoms with Gasteiger partial charge in [0.1, 0.15) is 0 Å². The predicted molar refractivity (Wildman–Crippen MR) is 323 cm³/mol. The van der Waals surface area contributed by atoms with Crippen molar-refractivity contribution in [2.75, 3.05) is 0 Å². The molecule has 2 aliphatic carbocycles. The van der Waals surface area contributed by atoms with Gasteiger partial charge in [-0.05, 0) is 178 Å². The zero-order chi connectivity index (χ0) is 49.8. The molecule has 0 spiro atoms. The van der Waals surface area contributed by atoms with E-state index in [1.54, 1.807) is 0 Å². The lowest BCUT2D eigenvalue weighted by molar-refractivity contribution is 1.59. The highest BCUT2D eigenvalue weighted by Crippen LogP contribution is 2.61. The Hall–Kier alpha value is -9.88. The molecule has 0 amide bonds. The fourth-order valence-electron chi connectivity index (χ4n) is 13.4. The van der Waals surface area contributed by atoms with Crippen molar-refractivity contribution in [3.63, 3.8) is 0 Å². The Morgan fingerprint density at radius 1 is 0.132 bits per heavy atom. The summed E-state index contributed by atoms with van der Waals surface area (Å²) in [6.45, 7) is 0. The Labute approximate surface area is 442 Å². The topological polar surface area (TPSA) is 0 Å². The van der Waals surface area contributed by atoms with E-state index >= 15 is 0 Å². The maximum absolute atomic E-state index is 2.44. The lowest BCUT2D eigenvalue weighted by Gasteiger charge is -2.21. The molecule has 0 aliphatic heterocycles.